The summed E-state index contributed by atoms with van der Waals surface area (Å²) >= 11 is 0. The molecule has 0 aliphatic heterocycles. The molecule has 2 atom stereocenters. The number of amides is 3. The Morgan fingerprint density at radius 3 is 2.32 bits per heavy atom. The Labute approximate surface area is 202 Å². The first-order valence-electron chi connectivity index (χ1n) is 11.8. The highest BCUT2D eigenvalue weighted by Gasteiger charge is 2.29. The van der Waals surface area contributed by atoms with Gasteiger partial charge in [-0.2, -0.15) is 5.10 Å². The lowest BCUT2D eigenvalue weighted by Gasteiger charge is -2.24. The fourth-order valence-electron chi connectivity index (χ4n) is 3.45. The van der Waals surface area contributed by atoms with Gasteiger partial charge in [-0.05, 0) is 30.7 Å². The number of methoxy groups -OCH3 is 1. The Morgan fingerprint density at radius 1 is 1.03 bits per heavy atom. The second kappa shape index (κ2) is 16.4. The number of rotatable bonds is 16. The van der Waals surface area contributed by atoms with E-state index in [-0.39, 0.29) is 18.1 Å². The van der Waals surface area contributed by atoms with Gasteiger partial charge in [-0.3, -0.25) is 14.4 Å². The number of hydrogen-bond donors (Lipinski definition) is 3. The van der Waals surface area contributed by atoms with Crippen LogP contribution in [0.4, 0.5) is 0 Å². The minimum atomic E-state index is -0.898. The molecule has 1 aromatic rings. The Balaban J connectivity index is 2.96. The average Bonchev–Trinajstić information content (AvgIpc) is 2.82. The molecule has 0 heterocycles. The molecule has 188 valence electrons. The predicted molar refractivity (Wildman–Crippen MR) is 131 cm³/mol. The number of carbonyl (C=O) groups is 4. The molecule has 0 unspecified atom stereocenters. The molecule has 34 heavy (non-hydrogen) atoms. The van der Waals surface area contributed by atoms with E-state index < -0.39 is 29.9 Å². The average molecular weight is 475 g/mol. The minimum Gasteiger partial charge on any atom is -0.467 e. The maximum absolute atomic E-state index is 13.1. The van der Waals surface area contributed by atoms with Gasteiger partial charge in [-0.15, -0.1) is 0 Å². The number of nitrogens with one attached hydrogen (secondary N) is 3. The van der Waals surface area contributed by atoms with Gasteiger partial charge in [0.1, 0.15) is 17.8 Å². The van der Waals surface area contributed by atoms with Crippen molar-refractivity contribution in [1.29, 1.82) is 0 Å². The second-order valence-corrected chi connectivity index (χ2v) is 8.55. The summed E-state index contributed by atoms with van der Waals surface area (Å²) < 4.78 is 4.87. The van der Waals surface area contributed by atoms with E-state index in [9.17, 15) is 19.2 Å². The number of carbonyl (C=O) groups excluding carboxylic acids is 4. The van der Waals surface area contributed by atoms with E-state index in [4.69, 9.17) is 4.74 Å². The topological polar surface area (TPSA) is 126 Å². The lowest BCUT2D eigenvalue weighted by Crippen LogP contribution is -2.54. The van der Waals surface area contributed by atoms with Crippen molar-refractivity contribution in [2.24, 2.45) is 11.0 Å². The summed E-state index contributed by atoms with van der Waals surface area (Å²) in [6.07, 6.45) is 5.14. The molecule has 0 aliphatic rings. The van der Waals surface area contributed by atoms with E-state index in [1.54, 1.807) is 0 Å². The summed E-state index contributed by atoms with van der Waals surface area (Å²) in [6.45, 7) is 5.95. The summed E-state index contributed by atoms with van der Waals surface area (Å²) in [5, 5.41) is 9.33. The highest BCUT2D eigenvalue weighted by molar-refractivity contribution is 6.39. The van der Waals surface area contributed by atoms with E-state index in [2.05, 4.69) is 28.1 Å². The van der Waals surface area contributed by atoms with Crippen molar-refractivity contribution in [2.75, 3.05) is 7.11 Å². The number of hydrogen-bond acceptors (Lipinski definition) is 6. The highest BCUT2D eigenvalue weighted by atomic mass is 16.5. The Kier molecular flexibility index (Phi) is 13.9. The van der Waals surface area contributed by atoms with Crippen LogP contribution in [0.15, 0.2) is 35.4 Å². The number of esters is 1. The van der Waals surface area contributed by atoms with Gasteiger partial charge in [0.25, 0.3) is 5.91 Å². The van der Waals surface area contributed by atoms with Gasteiger partial charge < -0.3 is 15.4 Å². The standard InChI is InChI=1S/C25H38N4O5/c1-5-6-7-11-14-20(29-26-17-30)23(31)27-21(15-18(2)3)24(32)28-22(25(33)34-4)16-19-12-9-8-10-13-19/h8-10,12-13,17-18,21-22H,5-7,11,14-16H2,1-4H3,(H,26,30)(H,27,31)(H,28,32)/b29-20+/t21-,22-/m0/s1. The molecule has 0 saturated carbocycles. The summed E-state index contributed by atoms with van der Waals surface area (Å²) in [4.78, 5) is 49.1. The Morgan fingerprint density at radius 2 is 1.74 bits per heavy atom. The quantitative estimate of drug-likeness (QED) is 0.112. The highest BCUT2D eigenvalue weighted by Crippen LogP contribution is 2.10. The van der Waals surface area contributed by atoms with Crippen molar-refractivity contribution >= 4 is 29.9 Å². The van der Waals surface area contributed by atoms with Crippen LogP contribution in [0.1, 0.15) is 64.9 Å². The van der Waals surface area contributed by atoms with Gasteiger partial charge in [0, 0.05) is 6.42 Å². The van der Waals surface area contributed by atoms with Gasteiger partial charge in [0.05, 0.1) is 7.11 Å². The summed E-state index contributed by atoms with van der Waals surface area (Å²) in [7, 11) is 1.27. The van der Waals surface area contributed by atoms with E-state index >= 15 is 0 Å². The van der Waals surface area contributed by atoms with Crippen LogP contribution in [-0.2, 0) is 30.3 Å². The minimum absolute atomic E-state index is 0.0970. The smallest absolute Gasteiger partial charge is 0.328 e. The van der Waals surface area contributed by atoms with Crippen molar-refractivity contribution in [3.05, 3.63) is 35.9 Å². The molecule has 0 aliphatic carbocycles. The molecule has 0 saturated heterocycles. The number of nitrogens with zero attached hydrogens (tertiary/aromatic N) is 1. The zero-order valence-corrected chi connectivity index (χ0v) is 20.6. The number of ether oxygens (including phenoxy) is 1. The van der Waals surface area contributed by atoms with Gasteiger partial charge in [-0.25, -0.2) is 10.2 Å². The Hall–Kier alpha value is -3.23. The molecule has 3 N–H and O–H groups in total. The van der Waals surface area contributed by atoms with Crippen LogP contribution in [0, 0.1) is 5.92 Å². The number of hydrazone groups is 1. The summed E-state index contributed by atoms with van der Waals surface area (Å²) in [5.74, 6) is -1.48. The first kappa shape index (κ1) is 28.8. The fourth-order valence-corrected chi connectivity index (χ4v) is 3.45. The maximum Gasteiger partial charge on any atom is 0.328 e. The second-order valence-electron chi connectivity index (χ2n) is 8.55. The van der Waals surface area contributed by atoms with Crippen molar-refractivity contribution in [3.8, 4) is 0 Å². The zero-order chi connectivity index (χ0) is 25.3. The molecule has 1 aromatic carbocycles. The third kappa shape index (κ3) is 11.1. The van der Waals surface area contributed by atoms with Gasteiger partial charge in [0.15, 0.2) is 0 Å². The molecular formula is C25H38N4O5. The van der Waals surface area contributed by atoms with Gasteiger partial charge in [0.2, 0.25) is 12.3 Å². The molecule has 0 bridgehead atoms. The van der Waals surface area contributed by atoms with Crippen LogP contribution >= 0.6 is 0 Å². The van der Waals surface area contributed by atoms with Crippen LogP contribution < -0.4 is 16.1 Å². The largest absolute Gasteiger partial charge is 0.467 e. The third-order valence-corrected chi connectivity index (χ3v) is 5.20. The Bertz CT molecular complexity index is 811. The first-order chi connectivity index (χ1) is 16.3. The lowest BCUT2D eigenvalue weighted by atomic mass is 10.0. The van der Waals surface area contributed by atoms with Crippen molar-refractivity contribution < 1.29 is 23.9 Å². The SMILES string of the molecule is CCCCCC/C(=N\NC=O)C(=O)N[C@@H](CC(C)C)C(=O)N[C@@H](Cc1ccccc1)C(=O)OC. The van der Waals surface area contributed by atoms with Crippen LogP contribution in [0.2, 0.25) is 0 Å². The molecule has 0 fully saturated rings. The van der Waals surface area contributed by atoms with E-state index in [1.165, 1.54) is 7.11 Å². The van der Waals surface area contributed by atoms with Crippen LogP contribution in [-0.4, -0.2) is 49.1 Å². The molecular weight excluding hydrogens is 436 g/mol. The van der Waals surface area contributed by atoms with Crippen molar-refractivity contribution in [3.63, 3.8) is 0 Å². The van der Waals surface area contributed by atoms with Crippen LogP contribution in [0.25, 0.3) is 0 Å². The summed E-state index contributed by atoms with van der Waals surface area (Å²) in [6, 6.07) is 7.50. The molecule has 1 rings (SSSR count). The van der Waals surface area contributed by atoms with E-state index in [0.29, 0.717) is 19.3 Å². The van der Waals surface area contributed by atoms with Crippen molar-refractivity contribution in [2.45, 2.75) is 77.8 Å². The molecule has 3 amide bonds. The predicted octanol–water partition coefficient (Wildman–Crippen LogP) is 2.49. The van der Waals surface area contributed by atoms with Crippen LogP contribution in [0.3, 0.4) is 0 Å². The van der Waals surface area contributed by atoms with Crippen LogP contribution in [0.5, 0.6) is 0 Å². The first-order valence-corrected chi connectivity index (χ1v) is 11.8. The number of unbranched alkanes of at least 4 members (excludes halogenated alkanes) is 3. The fraction of sp³-hybridized carbons (Fsp3) is 0.560. The van der Waals surface area contributed by atoms with Crippen molar-refractivity contribution in [1.82, 2.24) is 16.1 Å². The monoisotopic (exact) mass is 474 g/mol. The summed E-state index contributed by atoms with van der Waals surface area (Å²) in [5.41, 5.74) is 3.20. The third-order valence-electron chi connectivity index (χ3n) is 5.20. The normalized spacial score (nSPS) is 13.0. The van der Waals surface area contributed by atoms with Gasteiger partial charge in [-0.1, -0.05) is 70.4 Å². The molecule has 0 radical (unpaired) electrons. The molecule has 0 aromatic heterocycles. The van der Waals surface area contributed by atoms with Gasteiger partial charge >= 0.3 is 5.97 Å². The number of benzene rings is 1. The molecule has 9 heteroatoms. The molecule has 9 nitrogen and oxygen atoms in total. The van der Waals surface area contributed by atoms with E-state index in [0.717, 1.165) is 31.2 Å². The molecule has 0 spiro atoms. The maximum atomic E-state index is 13.1. The lowest BCUT2D eigenvalue weighted by molar-refractivity contribution is -0.145. The zero-order valence-electron chi connectivity index (χ0n) is 20.6. The van der Waals surface area contributed by atoms with E-state index in [1.807, 2.05) is 44.2 Å².